The molecule has 2 aliphatic heterocycles. The molecule has 0 radical (unpaired) electrons. The van der Waals surface area contributed by atoms with Crippen LogP contribution in [0.25, 0.3) is 6.08 Å². The number of carbonyl (C=O) groups excluding carboxylic acids is 1. The Bertz CT molecular complexity index is 1130. The highest BCUT2D eigenvalue weighted by molar-refractivity contribution is 7.10. The SMILES string of the molecule is Cc1cc(O)c(CN2CCN(c3ccccc3)CC2)c2c1C(=O)/C(=C/c1cccs1)O2. The smallest absolute Gasteiger partial charge is 0.232 e. The molecule has 0 saturated carbocycles. The lowest BCUT2D eigenvalue weighted by atomic mass is 9.99. The minimum Gasteiger partial charge on any atom is -0.507 e. The molecular formula is C25H24N2O3S. The summed E-state index contributed by atoms with van der Waals surface area (Å²) in [5, 5.41) is 12.7. The fourth-order valence-electron chi connectivity index (χ4n) is 4.26. The number of aromatic hydroxyl groups is 1. The number of para-hydroxylation sites is 1. The van der Waals surface area contributed by atoms with Gasteiger partial charge in [-0.3, -0.25) is 9.69 Å². The Morgan fingerprint density at radius 1 is 1.10 bits per heavy atom. The number of carbonyl (C=O) groups is 1. The van der Waals surface area contributed by atoms with Crippen molar-refractivity contribution in [2.24, 2.45) is 0 Å². The number of phenolic OH excluding ortho intramolecular Hbond substituents is 1. The zero-order valence-corrected chi connectivity index (χ0v) is 18.2. The lowest BCUT2D eigenvalue weighted by Crippen LogP contribution is -2.46. The van der Waals surface area contributed by atoms with E-state index in [0.29, 0.717) is 29.2 Å². The van der Waals surface area contributed by atoms with Gasteiger partial charge in [-0.15, -0.1) is 11.3 Å². The summed E-state index contributed by atoms with van der Waals surface area (Å²) in [6, 6.07) is 16.0. The third-order valence-electron chi connectivity index (χ3n) is 5.91. The lowest BCUT2D eigenvalue weighted by Gasteiger charge is -2.36. The second-order valence-corrected chi connectivity index (χ2v) is 8.93. The van der Waals surface area contributed by atoms with E-state index in [1.807, 2.05) is 30.5 Å². The van der Waals surface area contributed by atoms with Gasteiger partial charge in [0.05, 0.1) is 11.1 Å². The van der Waals surface area contributed by atoms with Crippen molar-refractivity contribution in [2.75, 3.05) is 31.1 Å². The van der Waals surface area contributed by atoms with Gasteiger partial charge < -0.3 is 14.7 Å². The number of piperazine rings is 1. The van der Waals surface area contributed by atoms with Crippen LogP contribution >= 0.6 is 11.3 Å². The van der Waals surface area contributed by atoms with Crippen molar-refractivity contribution in [3.63, 3.8) is 0 Å². The number of hydrogen-bond donors (Lipinski definition) is 1. The summed E-state index contributed by atoms with van der Waals surface area (Å²) in [6.07, 6.45) is 1.78. The summed E-state index contributed by atoms with van der Waals surface area (Å²) in [7, 11) is 0. The molecule has 1 fully saturated rings. The number of rotatable bonds is 4. The first-order chi connectivity index (χ1) is 15.1. The fraction of sp³-hybridized carbons (Fsp3) is 0.240. The van der Waals surface area contributed by atoms with Crippen molar-refractivity contribution in [2.45, 2.75) is 13.5 Å². The summed E-state index contributed by atoms with van der Waals surface area (Å²) in [5.41, 5.74) is 3.23. The lowest BCUT2D eigenvalue weighted by molar-refractivity contribution is 0.101. The van der Waals surface area contributed by atoms with Gasteiger partial charge in [-0.2, -0.15) is 0 Å². The molecule has 0 amide bonds. The number of anilines is 1. The molecule has 1 saturated heterocycles. The standard InChI is InChI=1S/C25H24N2O3S/c1-17-14-21(28)20(16-26-9-11-27(12-10-26)18-6-3-2-4-7-18)25-23(17)24(29)22(30-25)15-19-8-5-13-31-19/h2-8,13-15,28H,9-12,16H2,1H3/b22-15-. The second-order valence-electron chi connectivity index (χ2n) is 7.95. The number of thiophene rings is 1. The van der Waals surface area contributed by atoms with Crippen LogP contribution in [-0.4, -0.2) is 42.0 Å². The third kappa shape index (κ3) is 3.84. The fourth-order valence-corrected chi connectivity index (χ4v) is 4.91. The van der Waals surface area contributed by atoms with Gasteiger partial charge in [-0.05, 0) is 42.1 Å². The average molecular weight is 433 g/mol. The molecule has 0 spiro atoms. The monoisotopic (exact) mass is 432 g/mol. The molecule has 1 aromatic heterocycles. The Balaban J connectivity index is 1.37. The quantitative estimate of drug-likeness (QED) is 0.606. The molecule has 1 N–H and O–H groups in total. The number of benzene rings is 2. The number of hydrogen-bond acceptors (Lipinski definition) is 6. The predicted molar refractivity (Wildman–Crippen MR) is 124 cm³/mol. The molecule has 5 nitrogen and oxygen atoms in total. The van der Waals surface area contributed by atoms with E-state index < -0.39 is 0 Å². The van der Waals surface area contributed by atoms with Crippen molar-refractivity contribution >= 4 is 28.9 Å². The van der Waals surface area contributed by atoms with Gasteiger partial charge in [0.15, 0.2) is 5.76 Å². The minimum absolute atomic E-state index is 0.115. The predicted octanol–water partition coefficient (Wildman–Crippen LogP) is 4.70. The molecule has 158 valence electrons. The molecule has 0 aliphatic carbocycles. The topological polar surface area (TPSA) is 53.0 Å². The molecular weight excluding hydrogens is 408 g/mol. The van der Waals surface area contributed by atoms with Crippen molar-refractivity contribution in [3.05, 3.63) is 81.2 Å². The molecule has 31 heavy (non-hydrogen) atoms. The Hall–Kier alpha value is -3.09. The zero-order valence-electron chi connectivity index (χ0n) is 17.4. The van der Waals surface area contributed by atoms with E-state index in [0.717, 1.165) is 36.6 Å². The van der Waals surface area contributed by atoms with E-state index in [4.69, 9.17) is 4.74 Å². The Labute approximate surface area is 185 Å². The van der Waals surface area contributed by atoms with E-state index in [1.165, 1.54) is 5.69 Å². The molecule has 2 aromatic carbocycles. The van der Waals surface area contributed by atoms with Gasteiger partial charge in [-0.1, -0.05) is 24.3 Å². The largest absolute Gasteiger partial charge is 0.507 e. The summed E-state index contributed by atoms with van der Waals surface area (Å²) >= 11 is 1.56. The molecule has 0 atom stereocenters. The van der Waals surface area contributed by atoms with Gasteiger partial charge >= 0.3 is 0 Å². The van der Waals surface area contributed by atoms with Gasteiger partial charge in [0.25, 0.3) is 0 Å². The third-order valence-corrected chi connectivity index (χ3v) is 6.73. The van der Waals surface area contributed by atoms with E-state index in [-0.39, 0.29) is 11.5 Å². The Kier molecular flexibility index (Phi) is 5.26. The first-order valence-corrected chi connectivity index (χ1v) is 11.3. The van der Waals surface area contributed by atoms with Crippen LogP contribution in [0, 0.1) is 6.92 Å². The van der Waals surface area contributed by atoms with Crippen LogP contribution in [0.1, 0.15) is 26.4 Å². The van der Waals surface area contributed by atoms with Crippen molar-refractivity contribution in [1.82, 2.24) is 4.90 Å². The van der Waals surface area contributed by atoms with Gasteiger partial charge in [0, 0.05) is 49.4 Å². The van der Waals surface area contributed by atoms with Crippen LogP contribution in [-0.2, 0) is 6.54 Å². The number of phenols is 1. The summed E-state index contributed by atoms with van der Waals surface area (Å²) in [5.74, 6) is 0.903. The minimum atomic E-state index is -0.115. The van der Waals surface area contributed by atoms with E-state index in [9.17, 15) is 9.90 Å². The Morgan fingerprint density at radius 2 is 1.87 bits per heavy atom. The van der Waals surface area contributed by atoms with Gasteiger partial charge in [0.1, 0.15) is 11.5 Å². The molecule has 6 heteroatoms. The van der Waals surface area contributed by atoms with Crippen LogP contribution in [0.5, 0.6) is 11.5 Å². The van der Waals surface area contributed by atoms with Crippen LogP contribution in [0.4, 0.5) is 5.69 Å². The number of aryl methyl sites for hydroxylation is 1. The maximum Gasteiger partial charge on any atom is 0.232 e. The second kappa shape index (κ2) is 8.21. The van der Waals surface area contributed by atoms with E-state index >= 15 is 0 Å². The number of nitrogens with zero attached hydrogens (tertiary/aromatic N) is 2. The molecule has 3 heterocycles. The number of ether oxygens (including phenoxy) is 1. The molecule has 2 aliphatic rings. The molecule has 5 rings (SSSR count). The highest BCUT2D eigenvalue weighted by Crippen LogP contribution is 2.42. The number of fused-ring (bicyclic) bond motifs is 1. The summed E-state index contributed by atoms with van der Waals surface area (Å²) < 4.78 is 6.04. The molecule has 0 unspecified atom stereocenters. The molecule has 3 aromatic rings. The maximum absolute atomic E-state index is 13.0. The number of allylic oxidation sites excluding steroid dienone is 1. The number of Topliss-reactive ketones (excluding diaryl/α,β-unsaturated/α-hetero) is 1. The van der Waals surface area contributed by atoms with Gasteiger partial charge in [-0.25, -0.2) is 0 Å². The molecule has 0 bridgehead atoms. The van der Waals surface area contributed by atoms with Gasteiger partial charge in [0.2, 0.25) is 5.78 Å². The maximum atomic E-state index is 13.0. The van der Waals surface area contributed by atoms with Crippen molar-refractivity contribution in [3.8, 4) is 11.5 Å². The number of ketones is 1. The van der Waals surface area contributed by atoms with Crippen LogP contribution in [0.2, 0.25) is 0 Å². The summed E-state index contributed by atoms with van der Waals surface area (Å²) in [4.78, 5) is 18.7. The highest BCUT2D eigenvalue weighted by Gasteiger charge is 2.34. The first kappa shape index (κ1) is 19.8. The first-order valence-electron chi connectivity index (χ1n) is 10.5. The van der Waals surface area contributed by atoms with Crippen LogP contribution < -0.4 is 9.64 Å². The Morgan fingerprint density at radius 3 is 2.58 bits per heavy atom. The van der Waals surface area contributed by atoms with E-state index in [1.54, 1.807) is 23.5 Å². The highest BCUT2D eigenvalue weighted by atomic mass is 32.1. The van der Waals surface area contributed by atoms with Crippen molar-refractivity contribution in [1.29, 1.82) is 0 Å². The normalized spacial score (nSPS) is 17.8. The van der Waals surface area contributed by atoms with Crippen molar-refractivity contribution < 1.29 is 14.6 Å². The van der Waals surface area contributed by atoms with Crippen LogP contribution in [0.15, 0.2) is 59.7 Å². The van der Waals surface area contributed by atoms with E-state index in [2.05, 4.69) is 34.1 Å². The average Bonchev–Trinajstić information content (AvgIpc) is 3.41. The summed E-state index contributed by atoms with van der Waals surface area (Å²) in [6.45, 7) is 5.99. The zero-order chi connectivity index (χ0) is 21.4. The van der Waals surface area contributed by atoms with Crippen LogP contribution in [0.3, 0.4) is 0 Å².